The molecular formula is C11H21NO. The van der Waals surface area contributed by atoms with Crippen LogP contribution in [0.15, 0.2) is 0 Å². The third-order valence-electron chi connectivity index (χ3n) is 4.00. The van der Waals surface area contributed by atoms with E-state index in [0.29, 0.717) is 17.6 Å². The summed E-state index contributed by atoms with van der Waals surface area (Å²) in [5.74, 6) is 0. The van der Waals surface area contributed by atoms with Gasteiger partial charge in [-0.15, -0.1) is 0 Å². The second kappa shape index (κ2) is 3.58. The largest absolute Gasteiger partial charge is 0.378 e. The fourth-order valence-electron chi connectivity index (χ4n) is 3.12. The van der Waals surface area contributed by atoms with Gasteiger partial charge in [0, 0.05) is 18.1 Å². The minimum absolute atomic E-state index is 0.383. The van der Waals surface area contributed by atoms with Crippen LogP contribution in [0, 0.1) is 5.41 Å². The Labute approximate surface area is 80.8 Å². The highest BCUT2D eigenvalue weighted by atomic mass is 16.5. The summed E-state index contributed by atoms with van der Waals surface area (Å²) in [4.78, 5) is 0. The molecule has 0 unspecified atom stereocenters. The molecule has 1 spiro atoms. The number of ether oxygens (including phenoxy) is 1. The van der Waals surface area contributed by atoms with E-state index in [1.165, 1.54) is 32.1 Å². The molecule has 0 amide bonds. The summed E-state index contributed by atoms with van der Waals surface area (Å²) in [7, 11) is 0. The van der Waals surface area contributed by atoms with E-state index >= 15 is 0 Å². The molecule has 2 rings (SSSR count). The first-order chi connectivity index (χ1) is 6.29. The Hall–Kier alpha value is -0.0800. The molecule has 2 saturated carbocycles. The van der Waals surface area contributed by atoms with Gasteiger partial charge in [0.1, 0.15) is 0 Å². The van der Waals surface area contributed by atoms with Crippen molar-refractivity contribution in [2.45, 2.75) is 57.6 Å². The fourth-order valence-corrected chi connectivity index (χ4v) is 3.12. The lowest BCUT2D eigenvalue weighted by atomic mass is 9.55. The van der Waals surface area contributed by atoms with Crippen molar-refractivity contribution in [1.29, 1.82) is 0 Å². The van der Waals surface area contributed by atoms with Gasteiger partial charge in [-0.3, -0.25) is 0 Å². The molecule has 0 bridgehead atoms. The van der Waals surface area contributed by atoms with Gasteiger partial charge < -0.3 is 10.5 Å². The molecular weight excluding hydrogens is 162 g/mol. The van der Waals surface area contributed by atoms with Gasteiger partial charge in [-0.25, -0.2) is 0 Å². The van der Waals surface area contributed by atoms with Crippen LogP contribution in [0.5, 0.6) is 0 Å². The zero-order valence-electron chi connectivity index (χ0n) is 8.59. The number of hydrogen-bond donors (Lipinski definition) is 1. The molecule has 2 nitrogen and oxygen atoms in total. The van der Waals surface area contributed by atoms with E-state index in [2.05, 4.69) is 6.92 Å². The van der Waals surface area contributed by atoms with E-state index in [1.54, 1.807) is 0 Å². The quantitative estimate of drug-likeness (QED) is 0.711. The zero-order valence-corrected chi connectivity index (χ0v) is 8.59. The van der Waals surface area contributed by atoms with Crippen molar-refractivity contribution >= 4 is 0 Å². The summed E-state index contributed by atoms with van der Waals surface area (Å²) in [6.07, 6.45) is 8.29. The van der Waals surface area contributed by atoms with Crippen LogP contribution in [0.3, 0.4) is 0 Å². The highest BCUT2D eigenvalue weighted by molar-refractivity contribution is 5.07. The van der Waals surface area contributed by atoms with Crippen LogP contribution in [0.25, 0.3) is 0 Å². The first kappa shape index (κ1) is 9.47. The topological polar surface area (TPSA) is 35.2 Å². The van der Waals surface area contributed by atoms with Crippen LogP contribution in [-0.4, -0.2) is 18.8 Å². The minimum Gasteiger partial charge on any atom is -0.378 e. The number of hydrogen-bond acceptors (Lipinski definition) is 2. The van der Waals surface area contributed by atoms with Crippen LogP contribution in [-0.2, 0) is 4.74 Å². The molecule has 0 radical (unpaired) electrons. The average Bonchev–Trinajstić information content (AvgIpc) is 2.19. The Balaban J connectivity index is 1.99. The van der Waals surface area contributed by atoms with Gasteiger partial charge in [-0.1, -0.05) is 19.3 Å². The van der Waals surface area contributed by atoms with E-state index in [1.807, 2.05) is 0 Å². The molecule has 0 aliphatic heterocycles. The highest BCUT2D eigenvalue weighted by Crippen LogP contribution is 2.52. The summed E-state index contributed by atoms with van der Waals surface area (Å²) < 4.78 is 5.76. The molecule has 2 heteroatoms. The Morgan fingerprint density at radius 1 is 1.31 bits per heavy atom. The number of nitrogens with two attached hydrogens (primary N) is 1. The minimum atomic E-state index is 0.383. The maximum Gasteiger partial charge on any atom is 0.0660 e. The molecule has 0 heterocycles. The second-order valence-electron chi connectivity index (χ2n) is 4.58. The van der Waals surface area contributed by atoms with Gasteiger partial charge in [-0.2, -0.15) is 0 Å². The Morgan fingerprint density at radius 3 is 2.54 bits per heavy atom. The van der Waals surface area contributed by atoms with Gasteiger partial charge in [0.05, 0.1) is 6.10 Å². The normalized spacial score (nSPS) is 37.4. The van der Waals surface area contributed by atoms with Crippen molar-refractivity contribution < 1.29 is 4.74 Å². The van der Waals surface area contributed by atoms with Crippen molar-refractivity contribution in [1.82, 2.24) is 0 Å². The maximum absolute atomic E-state index is 6.13. The van der Waals surface area contributed by atoms with Gasteiger partial charge in [0.2, 0.25) is 0 Å². The van der Waals surface area contributed by atoms with E-state index in [9.17, 15) is 0 Å². The van der Waals surface area contributed by atoms with Crippen molar-refractivity contribution in [3.8, 4) is 0 Å². The van der Waals surface area contributed by atoms with E-state index < -0.39 is 0 Å². The molecule has 0 aromatic carbocycles. The lowest BCUT2D eigenvalue weighted by Gasteiger charge is -2.56. The number of rotatable bonds is 2. The molecule has 2 aliphatic carbocycles. The predicted octanol–water partition coefficient (Wildman–Crippen LogP) is 2.07. The molecule has 76 valence electrons. The third kappa shape index (κ3) is 1.40. The van der Waals surface area contributed by atoms with Gasteiger partial charge in [0.15, 0.2) is 0 Å². The van der Waals surface area contributed by atoms with Crippen LogP contribution >= 0.6 is 0 Å². The average molecular weight is 183 g/mol. The summed E-state index contributed by atoms with van der Waals surface area (Å²) in [6.45, 7) is 2.93. The molecule has 0 saturated heterocycles. The predicted molar refractivity (Wildman–Crippen MR) is 53.5 cm³/mol. The molecule has 2 fully saturated rings. The first-order valence-corrected chi connectivity index (χ1v) is 5.67. The van der Waals surface area contributed by atoms with Crippen molar-refractivity contribution in [3.63, 3.8) is 0 Å². The van der Waals surface area contributed by atoms with E-state index in [4.69, 9.17) is 10.5 Å². The van der Waals surface area contributed by atoms with Crippen molar-refractivity contribution in [3.05, 3.63) is 0 Å². The molecule has 2 N–H and O–H groups in total. The van der Waals surface area contributed by atoms with Crippen molar-refractivity contribution in [2.75, 3.05) is 6.61 Å². The Morgan fingerprint density at radius 2 is 2.00 bits per heavy atom. The third-order valence-corrected chi connectivity index (χ3v) is 4.00. The van der Waals surface area contributed by atoms with Gasteiger partial charge in [-0.05, 0) is 26.2 Å². The SMILES string of the molecule is CCO[C@@H]1C[C@@H](N)C12CCCCC2. The zero-order chi connectivity index (χ0) is 9.31. The lowest BCUT2D eigenvalue weighted by molar-refractivity contribution is -0.140. The first-order valence-electron chi connectivity index (χ1n) is 5.67. The Kier molecular flexibility index (Phi) is 2.61. The monoisotopic (exact) mass is 183 g/mol. The molecule has 13 heavy (non-hydrogen) atoms. The van der Waals surface area contributed by atoms with E-state index in [0.717, 1.165) is 13.0 Å². The fraction of sp³-hybridized carbons (Fsp3) is 1.00. The van der Waals surface area contributed by atoms with E-state index in [-0.39, 0.29) is 0 Å². The molecule has 2 aliphatic rings. The molecule has 0 aromatic heterocycles. The van der Waals surface area contributed by atoms with Crippen LogP contribution < -0.4 is 5.73 Å². The molecule has 2 atom stereocenters. The van der Waals surface area contributed by atoms with Crippen LogP contribution in [0.4, 0.5) is 0 Å². The summed E-state index contributed by atoms with van der Waals surface area (Å²) in [6, 6.07) is 0.421. The highest BCUT2D eigenvalue weighted by Gasteiger charge is 2.53. The standard InChI is InChI=1S/C11H21NO/c1-2-13-10-8-9(12)11(10)6-4-3-5-7-11/h9-10H,2-8,12H2,1H3/t9-,10-/m1/s1. The van der Waals surface area contributed by atoms with Crippen LogP contribution in [0.1, 0.15) is 45.4 Å². The van der Waals surface area contributed by atoms with Gasteiger partial charge in [0.25, 0.3) is 0 Å². The van der Waals surface area contributed by atoms with Crippen LogP contribution in [0.2, 0.25) is 0 Å². The second-order valence-corrected chi connectivity index (χ2v) is 4.58. The molecule has 0 aromatic rings. The summed E-state index contributed by atoms with van der Waals surface area (Å²) >= 11 is 0. The summed E-state index contributed by atoms with van der Waals surface area (Å²) in [5.41, 5.74) is 6.51. The van der Waals surface area contributed by atoms with Crippen molar-refractivity contribution in [2.24, 2.45) is 11.1 Å². The summed E-state index contributed by atoms with van der Waals surface area (Å²) in [5, 5.41) is 0. The van der Waals surface area contributed by atoms with Gasteiger partial charge >= 0.3 is 0 Å². The lowest BCUT2D eigenvalue weighted by Crippen LogP contribution is -2.62. The Bertz CT molecular complexity index is 173. The smallest absolute Gasteiger partial charge is 0.0660 e. The maximum atomic E-state index is 6.13.